The molecule has 1 aliphatic rings. The molecule has 0 aromatic heterocycles. The van der Waals surface area contributed by atoms with E-state index in [-0.39, 0.29) is 5.92 Å². The van der Waals surface area contributed by atoms with Gasteiger partial charge in [0, 0.05) is 5.92 Å². The highest BCUT2D eigenvalue weighted by Gasteiger charge is 2.36. The van der Waals surface area contributed by atoms with Gasteiger partial charge in [-0.05, 0) is 53.4 Å². The molecule has 1 aliphatic carbocycles. The SMILES string of the molecule is CC(C)=CCCC(C)(O)C1CCC(C)=CC1O. The van der Waals surface area contributed by atoms with Crippen molar-refractivity contribution in [1.29, 1.82) is 0 Å². The molecule has 0 saturated carbocycles. The number of aliphatic hydroxyl groups excluding tert-OH is 1. The molecule has 0 spiro atoms. The topological polar surface area (TPSA) is 40.5 Å². The molecule has 0 bridgehead atoms. The summed E-state index contributed by atoms with van der Waals surface area (Å²) in [7, 11) is 0. The fraction of sp³-hybridized carbons (Fsp3) is 0.733. The Morgan fingerprint density at radius 3 is 2.71 bits per heavy atom. The summed E-state index contributed by atoms with van der Waals surface area (Å²) in [5.41, 5.74) is 1.73. The Morgan fingerprint density at radius 2 is 2.18 bits per heavy atom. The van der Waals surface area contributed by atoms with E-state index < -0.39 is 11.7 Å². The Bertz CT molecular complexity index is 309. The first-order valence-corrected chi connectivity index (χ1v) is 6.54. The summed E-state index contributed by atoms with van der Waals surface area (Å²) in [6, 6.07) is 0. The second kappa shape index (κ2) is 5.83. The van der Waals surface area contributed by atoms with E-state index >= 15 is 0 Å². The van der Waals surface area contributed by atoms with Gasteiger partial charge in [-0.1, -0.05) is 23.3 Å². The van der Waals surface area contributed by atoms with E-state index in [1.165, 1.54) is 11.1 Å². The Kier molecular flexibility index (Phi) is 4.96. The Balaban J connectivity index is 2.61. The third-order valence-electron chi connectivity index (χ3n) is 3.72. The van der Waals surface area contributed by atoms with Gasteiger partial charge in [-0.15, -0.1) is 0 Å². The highest BCUT2D eigenvalue weighted by Crippen LogP contribution is 2.35. The van der Waals surface area contributed by atoms with Crippen molar-refractivity contribution in [2.24, 2.45) is 5.92 Å². The second-order valence-electron chi connectivity index (χ2n) is 5.83. The maximum absolute atomic E-state index is 10.5. The van der Waals surface area contributed by atoms with Crippen molar-refractivity contribution in [3.8, 4) is 0 Å². The molecule has 0 saturated heterocycles. The van der Waals surface area contributed by atoms with E-state index in [1.54, 1.807) is 0 Å². The first kappa shape index (κ1) is 14.5. The molecule has 0 aromatic carbocycles. The zero-order valence-corrected chi connectivity index (χ0v) is 11.5. The third kappa shape index (κ3) is 4.29. The number of allylic oxidation sites excluding steroid dienone is 3. The first-order valence-electron chi connectivity index (χ1n) is 6.54. The minimum Gasteiger partial charge on any atom is -0.390 e. The lowest BCUT2D eigenvalue weighted by molar-refractivity contribution is -0.0564. The minimum absolute atomic E-state index is 0.0308. The van der Waals surface area contributed by atoms with E-state index in [1.807, 2.05) is 19.9 Å². The molecule has 0 aromatic rings. The summed E-state index contributed by atoms with van der Waals surface area (Å²) < 4.78 is 0. The van der Waals surface area contributed by atoms with Gasteiger partial charge >= 0.3 is 0 Å². The molecule has 3 unspecified atom stereocenters. The van der Waals surface area contributed by atoms with Crippen LogP contribution in [-0.2, 0) is 0 Å². The lowest BCUT2D eigenvalue weighted by Gasteiger charge is -2.37. The summed E-state index contributed by atoms with van der Waals surface area (Å²) >= 11 is 0. The molecule has 0 aliphatic heterocycles. The van der Waals surface area contributed by atoms with Crippen LogP contribution in [0.15, 0.2) is 23.3 Å². The van der Waals surface area contributed by atoms with Gasteiger partial charge in [-0.3, -0.25) is 0 Å². The molecule has 0 heterocycles. The predicted molar refractivity (Wildman–Crippen MR) is 71.8 cm³/mol. The lowest BCUT2D eigenvalue weighted by atomic mass is 9.75. The summed E-state index contributed by atoms with van der Waals surface area (Å²) in [4.78, 5) is 0. The van der Waals surface area contributed by atoms with Crippen LogP contribution >= 0.6 is 0 Å². The van der Waals surface area contributed by atoms with Crippen LogP contribution in [0.2, 0.25) is 0 Å². The van der Waals surface area contributed by atoms with Crippen LogP contribution in [0.1, 0.15) is 53.4 Å². The largest absolute Gasteiger partial charge is 0.390 e. The van der Waals surface area contributed by atoms with Crippen molar-refractivity contribution in [2.45, 2.75) is 65.1 Å². The molecular formula is C15H26O2. The highest BCUT2D eigenvalue weighted by molar-refractivity contribution is 5.11. The van der Waals surface area contributed by atoms with E-state index in [4.69, 9.17) is 0 Å². The molecule has 2 nitrogen and oxygen atoms in total. The zero-order chi connectivity index (χ0) is 13.1. The molecule has 2 N–H and O–H groups in total. The van der Waals surface area contributed by atoms with Crippen LogP contribution in [0.4, 0.5) is 0 Å². The van der Waals surface area contributed by atoms with E-state index in [9.17, 15) is 10.2 Å². The maximum Gasteiger partial charge on any atom is 0.0779 e. The molecule has 1 rings (SSSR count). The molecule has 0 amide bonds. The van der Waals surface area contributed by atoms with Crippen LogP contribution < -0.4 is 0 Å². The second-order valence-corrected chi connectivity index (χ2v) is 5.83. The average Bonchev–Trinajstić information content (AvgIpc) is 2.15. The molecule has 3 atom stereocenters. The normalized spacial score (nSPS) is 28.2. The number of aliphatic hydroxyl groups is 2. The van der Waals surface area contributed by atoms with Crippen molar-refractivity contribution < 1.29 is 10.2 Å². The van der Waals surface area contributed by atoms with Crippen LogP contribution in [-0.4, -0.2) is 21.9 Å². The van der Waals surface area contributed by atoms with Crippen LogP contribution in [0.5, 0.6) is 0 Å². The summed E-state index contributed by atoms with van der Waals surface area (Å²) in [6.45, 7) is 8.03. The Hall–Kier alpha value is -0.600. The third-order valence-corrected chi connectivity index (χ3v) is 3.72. The van der Waals surface area contributed by atoms with E-state index in [0.29, 0.717) is 6.42 Å². The van der Waals surface area contributed by atoms with Crippen LogP contribution in [0.3, 0.4) is 0 Å². The standard InChI is InChI=1S/C15H26O2/c1-11(2)6-5-9-15(4,17)13-8-7-12(3)10-14(13)16/h6,10,13-14,16-17H,5,7-9H2,1-4H3. The fourth-order valence-electron chi connectivity index (χ4n) is 2.56. The van der Waals surface area contributed by atoms with Gasteiger partial charge in [-0.2, -0.15) is 0 Å². The van der Waals surface area contributed by atoms with Crippen molar-refractivity contribution >= 4 is 0 Å². The average molecular weight is 238 g/mol. The van der Waals surface area contributed by atoms with Crippen molar-refractivity contribution in [1.82, 2.24) is 0 Å². The zero-order valence-electron chi connectivity index (χ0n) is 11.5. The quantitative estimate of drug-likeness (QED) is 0.738. The number of rotatable bonds is 4. The Labute approximate surface area is 105 Å². The molecule has 2 heteroatoms. The molecule has 0 fully saturated rings. The lowest BCUT2D eigenvalue weighted by Crippen LogP contribution is -2.42. The number of hydrogen-bond donors (Lipinski definition) is 2. The van der Waals surface area contributed by atoms with Crippen molar-refractivity contribution in [3.63, 3.8) is 0 Å². The van der Waals surface area contributed by atoms with E-state index in [0.717, 1.165) is 19.3 Å². The molecule has 0 radical (unpaired) electrons. The van der Waals surface area contributed by atoms with Crippen molar-refractivity contribution in [2.75, 3.05) is 0 Å². The molecular weight excluding hydrogens is 212 g/mol. The smallest absolute Gasteiger partial charge is 0.0779 e. The minimum atomic E-state index is -0.775. The first-order chi connectivity index (χ1) is 7.83. The van der Waals surface area contributed by atoms with Crippen LogP contribution in [0, 0.1) is 5.92 Å². The predicted octanol–water partition coefficient (Wildman–Crippen LogP) is 3.20. The van der Waals surface area contributed by atoms with Gasteiger partial charge in [0.1, 0.15) is 0 Å². The summed E-state index contributed by atoms with van der Waals surface area (Å²) in [5, 5.41) is 20.5. The van der Waals surface area contributed by atoms with Gasteiger partial charge in [0.2, 0.25) is 0 Å². The summed E-state index contributed by atoms with van der Waals surface area (Å²) in [6.07, 6.45) is 7.00. The molecule has 17 heavy (non-hydrogen) atoms. The van der Waals surface area contributed by atoms with Gasteiger partial charge in [0.15, 0.2) is 0 Å². The molecule has 98 valence electrons. The van der Waals surface area contributed by atoms with Crippen LogP contribution in [0.25, 0.3) is 0 Å². The monoisotopic (exact) mass is 238 g/mol. The number of hydrogen-bond acceptors (Lipinski definition) is 2. The fourth-order valence-corrected chi connectivity index (χ4v) is 2.56. The van der Waals surface area contributed by atoms with Gasteiger partial charge < -0.3 is 10.2 Å². The van der Waals surface area contributed by atoms with Gasteiger partial charge in [-0.25, -0.2) is 0 Å². The van der Waals surface area contributed by atoms with Crippen molar-refractivity contribution in [3.05, 3.63) is 23.3 Å². The van der Waals surface area contributed by atoms with Gasteiger partial charge in [0.05, 0.1) is 11.7 Å². The maximum atomic E-state index is 10.5. The summed E-state index contributed by atoms with van der Waals surface area (Å²) in [5.74, 6) is -0.0308. The highest BCUT2D eigenvalue weighted by atomic mass is 16.3. The van der Waals surface area contributed by atoms with Gasteiger partial charge in [0.25, 0.3) is 0 Å². The Morgan fingerprint density at radius 1 is 1.53 bits per heavy atom. The van der Waals surface area contributed by atoms with E-state index in [2.05, 4.69) is 19.9 Å².